The fraction of sp³-hybridized carbons (Fsp3) is 1.00. The zero-order valence-electron chi connectivity index (χ0n) is 7.05. The van der Waals surface area contributed by atoms with Crippen molar-refractivity contribution in [2.24, 2.45) is 0 Å². The van der Waals surface area contributed by atoms with E-state index in [-0.39, 0.29) is 0 Å². The van der Waals surface area contributed by atoms with Gasteiger partial charge in [-0.2, -0.15) is 0 Å². The third kappa shape index (κ3) is 3.81. The highest BCUT2D eigenvalue weighted by atomic mass is 31.2. The molecule has 0 spiro atoms. The number of hydrogen-bond acceptors (Lipinski definition) is 6. The predicted molar refractivity (Wildman–Crippen MR) is 41.1 cm³/mol. The lowest BCUT2D eigenvalue weighted by Crippen LogP contribution is -2.08. The zero-order valence-corrected chi connectivity index (χ0v) is 8.84. The van der Waals surface area contributed by atoms with Gasteiger partial charge in [-0.05, 0) is 0 Å². The van der Waals surface area contributed by atoms with Gasteiger partial charge in [0.05, 0.1) is 0 Å². The molecule has 0 bridgehead atoms. The topological polar surface area (TPSA) is 84.9 Å². The quantitative estimate of drug-likeness (QED) is 0.628. The largest absolute Gasteiger partial charge is 0.778 e. The lowest BCUT2D eigenvalue weighted by molar-refractivity contribution is -0.195. The van der Waals surface area contributed by atoms with Crippen molar-refractivity contribution in [1.29, 1.82) is 0 Å². The molecule has 0 aliphatic carbocycles. The Hall–Kier alpha value is 0.300. The van der Waals surface area contributed by atoms with Gasteiger partial charge in [0.15, 0.2) is 0 Å². The number of hydrogen-bond donors (Lipinski definition) is 0. The highest BCUT2D eigenvalue weighted by molar-refractivity contribution is 7.70. The molecule has 0 fully saturated rings. The van der Waals surface area contributed by atoms with Gasteiger partial charge in [0.25, 0.3) is 0 Å². The Bertz CT molecular complexity index is 218. The van der Waals surface area contributed by atoms with Crippen LogP contribution in [0.25, 0.3) is 0 Å². The smallest absolute Gasteiger partial charge is 0.338 e. The summed E-state index contributed by atoms with van der Waals surface area (Å²) in [6.07, 6.45) is 0. The van der Waals surface area contributed by atoms with E-state index in [0.29, 0.717) is 0 Å². The maximum atomic E-state index is 11.2. The van der Waals surface area contributed by atoms with E-state index in [2.05, 4.69) is 13.6 Å². The van der Waals surface area contributed by atoms with Crippen molar-refractivity contribution in [2.45, 2.75) is 0 Å². The monoisotopic (exact) mass is 217 g/mol. The number of rotatable bonds is 5. The molecule has 1 atom stereocenters. The molecule has 0 N–H and O–H groups in total. The van der Waals surface area contributed by atoms with E-state index in [0.717, 1.165) is 21.3 Å². The van der Waals surface area contributed by atoms with Crippen molar-refractivity contribution in [3.05, 3.63) is 0 Å². The first-order valence-electron chi connectivity index (χ1n) is 2.95. The van der Waals surface area contributed by atoms with Gasteiger partial charge in [-0.25, -0.2) is 0 Å². The van der Waals surface area contributed by atoms with E-state index in [9.17, 15) is 14.0 Å². The second kappa shape index (κ2) is 4.51. The highest BCUT2D eigenvalue weighted by Crippen LogP contribution is 2.58. The van der Waals surface area contributed by atoms with Gasteiger partial charge >= 0.3 is 7.60 Å². The molecule has 12 heavy (non-hydrogen) atoms. The zero-order chi connectivity index (χ0) is 9.83. The van der Waals surface area contributed by atoms with Gasteiger partial charge in [0, 0.05) is 21.3 Å². The van der Waals surface area contributed by atoms with E-state index in [1.807, 2.05) is 0 Å². The average molecular weight is 217 g/mol. The highest BCUT2D eigenvalue weighted by Gasteiger charge is 2.27. The van der Waals surface area contributed by atoms with Crippen LogP contribution in [0.4, 0.5) is 0 Å². The lowest BCUT2D eigenvalue weighted by Gasteiger charge is -2.24. The van der Waals surface area contributed by atoms with Crippen LogP contribution in [-0.4, -0.2) is 27.2 Å². The first kappa shape index (κ1) is 12.3. The Kier molecular flexibility index (Phi) is 4.62. The van der Waals surface area contributed by atoms with Crippen molar-refractivity contribution >= 4 is 15.2 Å². The molecule has 0 amide bonds. The Balaban J connectivity index is 4.42. The minimum atomic E-state index is -4.09. The molecule has 0 heterocycles. The Morgan fingerprint density at radius 3 is 1.75 bits per heavy atom. The van der Waals surface area contributed by atoms with Crippen LogP contribution in [-0.2, 0) is 22.7 Å². The molecular formula is C4H11O6P2-. The minimum Gasteiger partial charge on any atom is -0.778 e. The second-order valence-corrected chi connectivity index (χ2v) is 6.58. The summed E-state index contributed by atoms with van der Waals surface area (Å²) < 4.78 is 35.0. The van der Waals surface area contributed by atoms with Gasteiger partial charge in [0.1, 0.15) is 13.5 Å². The molecule has 6 nitrogen and oxygen atoms in total. The first-order valence-corrected chi connectivity index (χ1v) is 6.41. The first-order chi connectivity index (χ1) is 5.39. The van der Waals surface area contributed by atoms with Crippen LogP contribution in [0.1, 0.15) is 0 Å². The predicted octanol–water partition coefficient (Wildman–Crippen LogP) is 0.630. The molecule has 0 aromatic rings. The van der Waals surface area contributed by atoms with Crippen LogP contribution in [0.2, 0.25) is 0 Å². The molecule has 0 aliphatic heterocycles. The van der Waals surface area contributed by atoms with E-state index in [4.69, 9.17) is 0 Å². The van der Waals surface area contributed by atoms with E-state index in [1.54, 1.807) is 0 Å². The van der Waals surface area contributed by atoms with Crippen LogP contribution in [0.5, 0.6) is 0 Å². The van der Waals surface area contributed by atoms with Crippen molar-refractivity contribution in [3.63, 3.8) is 0 Å². The summed E-state index contributed by atoms with van der Waals surface area (Å²) in [6.45, 7) is 0. The van der Waals surface area contributed by atoms with Gasteiger partial charge in [0.2, 0.25) is 0 Å². The van der Waals surface area contributed by atoms with E-state index >= 15 is 0 Å². The van der Waals surface area contributed by atoms with Gasteiger partial charge in [-0.15, -0.1) is 0 Å². The fourth-order valence-corrected chi connectivity index (χ4v) is 3.69. The molecule has 0 aliphatic rings. The van der Waals surface area contributed by atoms with Crippen LogP contribution in [0.15, 0.2) is 0 Å². The Morgan fingerprint density at radius 1 is 1.08 bits per heavy atom. The van der Waals surface area contributed by atoms with Crippen LogP contribution in [0, 0.1) is 0 Å². The summed E-state index contributed by atoms with van der Waals surface area (Å²) in [7, 11) is -4.40. The maximum Gasteiger partial charge on any atom is 0.338 e. The summed E-state index contributed by atoms with van der Waals surface area (Å²) in [4.78, 5) is 10.8. The molecular weight excluding hydrogens is 206 g/mol. The molecule has 1 unspecified atom stereocenters. The maximum absolute atomic E-state index is 11.2. The lowest BCUT2D eigenvalue weighted by atomic mass is 11.8. The molecule has 0 saturated heterocycles. The summed E-state index contributed by atoms with van der Waals surface area (Å²) in [6, 6.07) is 0. The van der Waals surface area contributed by atoms with E-state index in [1.165, 1.54) is 0 Å². The Morgan fingerprint density at radius 2 is 1.50 bits per heavy atom. The summed E-state index contributed by atoms with van der Waals surface area (Å²) >= 11 is 0. The third-order valence-corrected chi connectivity index (χ3v) is 5.62. The fourth-order valence-electron chi connectivity index (χ4n) is 0.460. The van der Waals surface area contributed by atoms with Crippen LogP contribution >= 0.6 is 15.2 Å². The Labute approximate surface area is 70.9 Å². The van der Waals surface area contributed by atoms with Crippen molar-refractivity contribution in [2.75, 3.05) is 27.2 Å². The molecule has 0 aromatic carbocycles. The normalized spacial score (nSPS) is 17.3. The summed E-state index contributed by atoms with van der Waals surface area (Å²) in [5.74, 6) is -0.747. The molecule has 8 heteroatoms. The standard InChI is InChI=1S/C4H12O6P2/c1-8-11(5,6)4-12(7,9-2)10-3/h4H2,1-3H3,(H,5,6)/p-1. The van der Waals surface area contributed by atoms with Gasteiger partial charge in [-0.1, -0.05) is 0 Å². The average Bonchev–Trinajstić information content (AvgIpc) is 2.04. The van der Waals surface area contributed by atoms with Crippen molar-refractivity contribution < 1.29 is 27.6 Å². The van der Waals surface area contributed by atoms with Crippen molar-refractivity contribution in [3.8, 4) is 0 Å². The van der Waals surface area contributed by atoms with Crippen LogP contribution < -0.4 is 4.89 Å². The second-order valence-electron chi connectivity index (χ2n) is 1.91. The molecule has 0 aromatic heterocycles. The SMILES string of the molecule is COP(=O)([O-])CP(=O)(OC)OC. The van der Waals surface area contributed by atoms with E-state index < -0.39 is 21.1 Å². The molecule has 0 rings (SSSR count). The summed E-state index contributed by atoms with van der Waals surface area (Å²) in [5.41, 5.74) is 0. The van der Waals surface area contributed by atoms with Crippen LogP contribution in [0.3, 0.4) is 0 Å². The van der Waals surface area contributed by atoms with Gasteiger partial charge < -0.3 is 23.0 Å². The summed E-state index contributed by atoms with van der Waals surface area (Å²) in [5, 5.41) is 0. The van der Waals surface area contributed by atoms with Gasteiger partial charge in [-0.3, -0.25) is 4.57 Å². The van der Waals surface area contributed by atoms with Crippen molar-refractivity contribution in [1.82, 2.24) is 0 Å². The molecule has 0 saturated carbocycles. The third-order valence-electron chi connectivity index (χ3n) is 1.18. The molecule has 74 valence electrons. The minimum absolute atomic E-state index is 0.747. The molecule has 0 radical (unpaired) electrons.